The molecule has 2 rings (SSSR count). The summed E-state index contributed by atoms with van der Waals surface area (Å²) in [6.07, 6.45) is 1.76. The highest BCUT2D eigenvalue weighted by Crippen LogP contribution is 2.23. The Morgan fingerprint density at radius 1 is 1.40 bits per heavy atom. The Hall–Kier alpha value is -2.56. The minimum Gasteiger partial charge on any atom is -0.478 e. The zero-order valence-corrected chi connectivity index (χ0v) is 11.5. The number of aromatic carboxylic acids is 1. The lowest BCUT2D eigenvalue weighted by Crippen LogP contribution is -2.08. The number of aromatic nitrogens is 2. The molecule has 0 radical (unpaired) electrons. The van der Waals surface area contributed by atoms with Crippen LogP contribution in [-0.2, 0) is 13.7 Å². The fourth-order valence-electron chi connectivity index (χ4n) is 1.96. The molecule has 104 valence electrons. The Balaban J connectivity index is 2.32. The van der Waals surface area contributed by atoms with Crippen molar-refractivity contribution in [3.05, 3.63) is 53.7 Å². The standard InChI is InChI=1S/C15H16N2O3/c1-10(2)11-5-4-6-12(15(18)19)13(11)9-20-14-7-8-17(3)16-14/h4-8H,1,9H2,2-3H3,(H,18,19). The Morgan fingerprint density at radius 3 is 2.65 bits per heavy atom. The first-order valence-electron chi connectivity index (χ1n) is 6.12. The number of nitrogens with zero attached hydrogens (tertiary/aromatic N) is 2. The van der Waals surface area contributed by atoms with Gasteiger partial charge in [0.05, 0.1) is 5.56 Å². The molecule has 1 aromatic heterocycles. The molecule has 0 saturated carbocycles. The first-order valence-corrected chi connectivity index (χ1v) is 6.12. The highest BCUT2D eigenvalue weighted by atomic mass is 16.5. The fraction of sp³-hybridized carbons (Fsp3) is 0.200. The summed E-state index contributed by atoms with van der Waals surface area (Å²) in [7, 11) is 1.79. The van der Waals surface area contributed by atoms with Crippen LogP contribution in [0.25, 0.3) is 5.57 Å². The molecule has 5 nitrogen and oxygen atoms in total. The molecule has 0 amide bonds. The molecule has 0 atom stereocenters. The summed E-state index contributed by atoms with van der Waals surface area (Å²) in [6, 6.07) is 6.83. The lowest BCUT2D eigenvalue weighted by molar-refractivity contribution is 0.0693. The monoisotopic (exact) mass is 272 g/mol. The topological polar surface area (TPSA) is 64.3 Å². The number of carboxylic acids is 1. The molecule has 0 fully saturated rings. The number of hydrogen-bond acceptors (Lipinski definition) is 3. The number of benzene rings is 1. The van der Waals surface area contributed by atoms with Crippen LogP contribution in [0.5, 0.6) is 5.88 Å². The van der Waals surface area contributed by atoms with Gasteiger partial charge in [-0.05, 0) is 18.6 Å². The molecule has 0 bridgehead atoms. The van der Waals surface area contributed by atoms with Crippen molar-refractivity contribution in [2.75, 3.05) is 0 Å². The van der Waals surface area contributed by atoms with Gasteiger partial charge in [-0.2, -0.15) is 0 Å². The van der Waals surface area contributed by atoms with Gasteiger partial charge in [-0.1, -0.05) is 24.3 Å². The molecule has 1 aromatic carbocycles. The summed E-state index contributed by atoms with van der Waals surface area (Å²) in [5.41, 5.74) is 2.42. The molecular formula is C15H16N2O3. The van der Waals surface area contributed by atoms with Gasteiger partial charge >= 0.3 is 5.97 Å². The molecule has 2 aromatic rings. The third-order valence-corrected chi connectivity index (χ3v) is 2.92. The van der Waals surface area contributed by atoms with Crippen LogP contribution in [0.15, 0.2) is 37.0 Å². The molecule has 5 heteroatoms. The molecule has 0 aliphatic rings. The fourth-order valence-corrected chi connectivity index (χ4v) is 1.96. The number of hydrogen-bond donors (Lipinski definition) is 1. The second-order valence-electron chi connectivity index (χ2n) is 4.53. The van der Waals surface area contributed by atoms with Crippen molar-refractivity contribution in [2.45, 2.75) is 13.5 Å². The maximum absolute atomic E-state index is 11.3. The Labute approximate surface area is 117 Å². The summed E-state index contributed by atoms with van der Waals surface area (Å²) in [4.78, 5) is 11.3. The van der Waals surface area contributed by atoms with Gasteiger partial charge in [0, 0.05) is 24.9 Å². The smallest absolute Gasteiger partial charge is 0.336 e. The van der Waals surface area contributed by atoms with Gasteiger partial charge in [0.25, 0.3) is 0 Å². The van der Waals surface area contributed by atoms with E-state index in [9.17, 15) is 9.90 Å². The van der Waals surface area contributed by atoms with Crippen molar-refractivity contribution in [3.8, 4) is 5.88 Å². The van der Waals surface area contributed by atoms with Crippen LogP contribution < -0.4 is 4.74 Å². The Kier molecular flexibility index (Phi) is 3.89. The number of allylic oxidation sites excluding steroid dienone is 1. The predicted octanol–water partition coefficient (Wildman–Crippen LogP) is 2.73. The van der Waals surface area contributed by atoms with Gasteiger partial charge in [0.2, 0.25) is 5.88 Å². The highest BCUT2D eigenvalue weighted by molar-refractivity contribution is 5.91. The SMILES string of the molecule is C=C(C)c1cccc(C(=O)O)c1COc1ccn(C)n1. The highest BCUT2D eigenvalue weighted by Gasteiger charge is 2.15. The van der Waals surface area contributed by atoms with E-state index in [0.29, 0.717) is 11.4 Å². The first-order chi connectivity index (χ1) is 9.49. The zero-order valence-electron chi connectivity index (χ0n) is 11.5. The number of rotatable bonds is 5. The van der Waals surface area contributed by atoms with Gasteiger partial charge in [-0.15, -0.1) is 5.10 Å². The normalized spacial score (nSPS) is 10.3. The van der Waals surface area contributed by atoms with Crippen LogP contribution in [0.2, 0.25) is 0 Å². The van der Waals surface area contributed by atoms with Crippen molar-refractivity contribution in [1.29, 1.82) is 0 Å². The Morgan fingerprint density at radius 2 is 2.10 bits per heavy atom. The van der Waals surface area contributed by atoms with Gasteiger partial charge < -0.3 is 9.84 Å². The number of aryl methyl sites for hydroxylation is 1. The molecule has 0 saturated heterocycles. The minimum absolute atomic E-state index is 0.141. The van der Waals surface area contributed by atoms with E-state index in [-0.39, 0.29) is 12.2 Å². The van der Waals surface area contributed by atoms with E-state index in [1.165, 1.54) is 0 Å². The average molecular weight is 272 g/mol. The summed E-state index contributed by atoms with van der Waals surface area (Å²) in [5.74, 6) is -0.520. The summed E-state index contributed by atoms with van der Waals surface area (Å²) >= 11 is 0. The molecule has 20 heavy (non-hydrogen) atoms. The summed E-state index contributed by atoms with van der Waals surface area (Å²) in [6.45, 7) is 5.86. The summed E-state index contributed by atoms with van der Waals surface area (Å²) < 4.78 is 7.18. The van der Waals surface area contributed by atoms with E-state index in [1.54, 1.807) is 36.1 Å². The maximum Gasteiger partial charge on any atom is 0.336 e. The van der Waals surface area contributed by atoms with Crippen LogP contribution in [0.3, 0.4) is 0 Å². The van der Waals surface area contributed by atoms with E-state index in [1.807, 2.05) is 13.0 Å². The second-order valence-corrected chi connectivity index (χ2v) is 4.53. The van der Waals surface area contributed by atoms with Crippen LogP contribution in [0, 0.1) is 0 Å². The third-order valence-electron chi connectivity index (χ3n) is 2.92. The van der Waals surface area contributed by atoms with Crippen LogP contribution in [0.4, 0.5) is 0 Å². The minimum atomic E-state index is -0.979. The Bertz CT molecular complexity index is 627. The first kappa shape index (κ1) is 13.9. The van der Waals surface area contributed by atoms with Crippen molar-refractivity contribution < 1.29 is 14.6 Å². The van der Waals surface area contributed by atoms with Crippen molar-refractivity contribution in [1.82, 2.24) is 9.78 Å². The van der Waals surface area contributed by atoms with E-state index >= 15 is 0 Å². The largest absolute Gasteiger partial charge is 0.478 e. The lowest BCUT2D eigenvalue weighted by Gasteiger charge is -2.12. The van der Waals surface area contributed by atoms with Crippen LogP contribution in [-0.4, -0.2) is 20.9 Å². The van der Waals surface area contributed by atoms with Crippen LogP contribution >= 0.6 is 0 Å². The average Bonchev–Trinajstić information content (AvgIpc) is 2.81. The second kappa shape index (κ2) is 5.61. The van der Waals surface area contributed by atoms with Gasteiger partial charge in [-0.3, -0.25) is 4.68 Å². The van der Waals surface area contributed by atoms with E-state index in [0.717, 1.165) is 11.1 Å². The number of carbonyl (C=O) groups is 1. The molecule has 1 heterocycles. The van der Waals surface area contributed by atoms with E-state index in [2.05, 4.69) is 11.7 Å². The molecule has 0 aliphatic heterocycles. The molecule has 1 N–H and O–H groups in total. The summed E-state index contributed by atoms with van der Waals surface area (Å²) in [5, 5.41) is 13.4. The van der Waals surface area contributed by atoms with Gasteiger partial charge in [0.15, 0.2) is 0 Å². The van der Waals surface area contributed by atoms with E-state index < -0.39 is 5.97 Å². The van der Waals surface area contributed by atoms with Crippen molar-refractivity contribution in [2.24, 2.45) is 7.05 Å². The molecular weight excluding hydrogens is 256 g/mol. The third kappa shape index (κ3) is 2.88. The molecule has 0 spiro atoms. The zero-order chi connectivity index (χ0) is 14.7. The van der Waals surface area contributed by atoms with Crippen LogP contribution in [0.1, 0.15) is 28.4 Å². The number of ether oxygens (including phenoxy) is 1. The molecule has 0 aliphatic carbocycles. The lowest BCUT2D eigenvalue weighted by atomic mass is 9.97. The molecule has 0 unspecified atom stereocenters. The van der Waals surface area contributed by atoms with Crippen molar-refractivity contribution >= 4 is 11.5 Å². The van der Waals surface area contributed by atoms with E-state index in [4.69, 9.17) is 4.74 Å². The predicted molar refractivity (Wildman–Crippen MR) is 75.6 cm³/mol. The van der Waals surface area contributed by atoms with Crippen molar-refractivity contribution in [3.63, 3.8) is 0 Å². The number of carboxylic acid groups (broad SMARTS) is 1. The van der Waals surface area contributed by atoms with Gasteiger partial charge in [-0.25, -0.2) is 4.79 Å². The van der Waals surface area contributed by atoms with Gasteiger partial charge in [0.1, 0.15) is 6.61 Å². The maximum atomic E-state index is 11.3. The quantitative estimate of drug-likeness (QED) is 0.909.